The van der Waals surface area contributed by atoms with E-state index in [1.54, 1.807) is 16.9 Å². The molecule has 2 amide bonds. The van der Waals surface area contributed by atoms with Crippen molar-refractivity contribution in [2.75, 3.05) is 43.2 Å². The summed E-state index contributed by atoms with van der Waals surface area (Å²) < 4.78 is 12.2. The number of nitrogens with zero attached hydrogens (tertiary/aromatic N) is 2. The molecule has 0 aliphatic carbocycles. The summed E-state index contributed by atoms with van der Waals surface area (Å²) >= 11 is 0. The maximum Gasteiger partial charge on any atom is 0.264 e. The second-order valence-corrected chi connectivity index (χ2v) is 15.0. The largest absolute Gasteiger partial charge is 0.497 e. The molecule has 4 atom stereocenters. The first-order valence-corrected chi connectivity index (χ1v) is 16.3. The number of benzene rings is 2. The molecule has 2 aromatic rings. The van der Waals surface area contributed by atoms with Crippen molar-refractivity contribution in [3.05, 3.63) is 53.6 Å². The number of ether oxygens (including phenoxy) is 2. The maximum absolute atomic E-state index is 14.4. The molecule has 2 aromatic carbocycles. The van der Waals surface area contributed by atoms with Gasteiger partial charge >= 0.3 is 0 Å². The van der Waals surface area contributed by atoms with E-state index in [-0.39, 0.29) is 29.9 Å². The number of aliphatic hydroxyl groups is 1. The molecule has 38 heavy (non-hydrogen) atoms. The van der Waals surface area contributed by atoms with Crippen molar-refractivity contribution in [1.82, 2.24) is 5.32 Å². The van der Waals surface area contributed by atoms with E-state index >= 15 is 0 Å². The highest BCUT2D eigenvalue weighted by Crippen LogP contribution is 2.60. The number of anilines is 2. The van der Waals surface area contributed by atoms with Crippen LogP contribution in [0.3, 0.4) is 0 Å². The number of piperazine rings is 1. The van der Waals surface area contributed by atoms with Gasteiger partial charge in [-0.15, -0.1) is 0 Å². The normalized spacial score (nSPS) is 27.4. The van der Waals surface area contributed by atoms with Crippen LogP contribution < -0.4 is 19.9 Å². The lowest BCUT2D eigenvalue weighted by atomic mass is 9.82. The molecule has 3 heterocycles. The first kappa shape index (κ1) is 26.8. The highest BCUT2D eigenvalue weighted by molar-refractivity contribution is 6.71. The third-order valence-corrected chi connectivity index (χ3v) is 10.8. The minimum Gasteiger partial charge on any atom is -0.497 e. The molecule has 204 valence electrons. The van der Waals surface area contributed by atoms with Crippen molar-refractivity contribution < 1.29 is 29.0 Å². The first-order valence-electron chi connectivity index (χ1n) is 13.2. The Labute approximate surface area is 224 Å². The van der Waals surface area contributed by atoms with Crippen LogP contribution in [-0.2, 0) is 26.5 Å². The molecule has 0 bridgehead atoms. The SMILES string of the molecule is COc1ccc2c(c1)[C@@]1(O[C@H](CCO)[C@@H]([Si](C)(C)O)[C@@H]1C)C(=O)N2Cc1cccc(N2CCNCC2=O)c1. The highest BCUT2D eigenvalue weighted by Gasteiger charge is 2.66. The standard InChI is InChI=1S/C28H37N3O6Si/c1-18-26(38(3,4)35)24(10-13-32)37-28(18)22-15-21(36-2)8-9-23(22)31(27(28)34)17-19-6-5-7-20(14-19)30-12-11-29-16-25(30)33/h5-9,14-15,18,24,26,29,32,35H,10-13,16-17H2,1-4H3/t18-,24+,26-,28+/m0/s1. The van der Waals surface area contributed by atoms with Crippen LogP contribution in [0.25, 0.3) is 0 Å². The maximum atomic E-state index is 14.4. The number of nitrogens with one attached hydrogen (secondary N) is 1. The number of methoxy groups -OCH3 is 1. The number of hydrogen-bond acceptors (Lipinski definition) is 7. The quantitative estimate of drug-likeness (QED) is 0.463. The van der Waals surface area contributed by atoms with Crippen LogP contribution in [0.4, 0.5) is 11.4 Å². The summed E-state index contributed by atoms with van der Waals surface area (Å²) in [4.78, 5) is 41.6. The van der Waals surface area contributed by atoms with Gasteiger partial charge in [0.15, 0.2) is 13.9 Å². The average molecular weight is 540 g/mol. The molecule has 3 N–H and O–H groups in total. The summed E-state index contributed by atoms with van der Waals surface area (Å²) in [6, 6.07) is 13.3. The zero-order chi connectivity index (χ0) is 27.2. The summed E-state index contributed by atoms with van der Waals surface area (Å²) in [5, 5.41) is 12.9. The van der Waals surface area contributed by atoms with Crippen LogP contribution in [0.15, 0.2) is 42.5 Å². The number of carbonyl (C=O) groups is 2. The summed E-state index contributed by atoms with van der Waals surface area (Å²) in [6.45, 7) is 7.57. The van der Waals surface area contributed by atoms with E-state index < -0.39 is 20.0 Å². The van der Waals surface area contributed by atoms with Crippen LogP contribution in [0.1, 0.15) is 24.5 Å². The van der Waals surface area contributed by atoms with Gasteiger partial charge in [0, 0.05) is 42.4 Å². The Morgan fingerprint density at radius 2 is 2.00 bits per heavy atom. The molecule has 2 fully saturated rings. The molecule has 0 saturated carbocycles. The van der Waals surface area contributed by atoms with E-state index in [9.17, 15) is 19.5 Å². The summed E-state index contributed by atoms with van der Waals surface area (Å²) in [5.41, 5.74) is 1.66. The Balaban J connectivity index is 1.55. The molecule has 3 aliphatic heterocycles. The number of carbonyl (C=O) groups excluding carboxylic acids is 2. The van der Waals surface area contributed by atoms with Gasteiger partial charge in [-0.3, -0.25) is 9.59 Å². The van der Waals surface area contributed by atoms with Crippen molar-refractivity contribution in [3.63, 3.8) is 0 Å². The molecule has 10 heteroatoms. The van der Waals surface area contributed by atoms with Crippen molar-refractivity contribution in [1.29, 1.82) is 0 Å². The van der Waals surface area contributed by atoms with Gasteiger partial charge in [-0.25, -0.2) is 0 Å². The van der Waals surface area contributed by atoms with E-state index in [1.807, 2.05) is 62.5 Å². The lowest BCUT2D eigenvalue weighted by Crippen LogP contribution is -2.48. The van der Waals surface area contributed by atoms with Crippen LogP contribution in [0.2, 0.25) is 18.6 Å². The Kier molecular flexibility index (Phi) is 7.12. The van der Waals surface area contributed by atoms with Crippen LogP contribution >= 0.6 is 0 Å². The zero-order valence-corrected chi connectivity index (χ0v) is 23.4. The first-order chi connectivity index (χ1) is 18.1. The molecule has 1 spiro atoms. The predicted octanol–water partition coefficient (Wildman–Crippen LogP) is 2.36. The van der Waals surface area contributed by atoms with Gasteiger partial charge in [-0.2, -0.15) is 0 Å². The molecule has 3 aliphatic rings. The lowest BCUT2D eigenvalue weighted by Gasteiger charge is -2.32. The fraction of sp³-hybridized carbons (Fsp3) is 0.500. The second-order valence-electron chi connectivity index (χ2n) is 11.0. The monoisotopic (exact) mass is 539 g/mol. The molecular weight excluding hydrogens is 502 g/mol. The summed E-state index contributed by atoms with van der Waals surface area (Å²) in [6.07, 6.45) is -0.0900. The number of hydrogen-bond donors (Lipinski definition) is 3. The smallest absolute Gasteiger partial charge is 0.264 e. The zero-order valence-electron chi connectivity index (χ0n) is 22.4. The number of rotatable bonds is 7. The molecule has 0 radical (unpaired) electrons. The topological polar surface area (TPSA) is 112 Å². The fourth-order valence-corrected chi connectivity index (χ4v) is 9.23. The minimum atomic E-state index is -2.76. The Hall–Kier alpha value is -2.76. The molecule has 5 rings (SSSR count). The molecule has 9 nitrogen and oxygen atoms in total. The van der Waals surface area contributed by atoms with E-state index in [4.69, 9.17) is 9.47 Å². The van der Waals surface area contributed by atoms with E-state index in [0.29, 0.717) is 31.8 Å². The third kappa shape index (κ3) is 4.34. The molecule has 0 aromatic heterocycles. The van der Waals surface area contributed by atoms with Crippen molar-refractivity contribution >= 4 is 31.5 Å². The van der Waals surface area contributed by atoms with Crippen LogP contribution in [0.5, 0.6) is 5.75 Å². The van der Waals surface area contributed by atoms with Gasteiger partial charge in [-0.05, 0) is 55.4 Å². The van der Waals surface area contributed by atoms with Crippen molar-refractivity contribution in [2.24, 2.45) is 5.92 Å². The van der Waals surface area contributed by atoms with Crippen LogP contribution in [0, 0.1) is 5.92 Å². The number of fused-ring (bicyclic) bond motifs is 2. The van der Waals surface area contributed by atoms with Crippen molar-refractivity contribution in [2.45, 2.75) is 50.2 Å². The molecular formula is C28H37N3O6Si. The van der Waals surface area contributed by atoms with Gasteiger partial charge in [0.25, 0.3) is 5.91 Å². The minimum absolute atomic E-state index is 0.0203. The Morgan fingerprint density at radius 1 is 1.21 bits per heavy atom. The lowest BCUT2D eigenvalue weighted by molar-refractivity contribution is -0.146. The van der Waals surface area contributed by atoms with Gasteiger partial charge < -0.3 is 34.5 Å². The van der Waals surface area contributed by atoms with E-state index in [1.165, 1.54) is 0 Å². The van der Waals surface area contributed by atoms with E-state index in [2.05, 4.69) is 5.32 Å². The van der Waals surface area contributed by atoms with Gasteiger partial charge in [0.1, 0.15) is 5.75 Å². The van der Waals surface area contributed by atoms with Crippen molar-refractivity contribution in [3.8, 4) is 5.75 Å². The average Bonchev–Trinajstić information content (AvgIpc) is 3.31. The molecule has 0 unspecified atom stereocenters. The Bertz CT molecular complexity index is 1230. The van der Waals surface area contributed by atoms with Gasteiger partial charge in [0.2, 0.25) is 5.91 Å². The number of aliphatic hydroxyl groups excluding tert-OH is 1. The van der Waals surface area contributed by atoms with Gasteiger partial charge in [0.05, 0.1) is 32.0 Å². The second kappa shape index (κ2) is 10.1. The summed E-state index contributed by atoms with van der Waals surface area (Å²) in [5.74, 6) is 0.155. The Morgan fingerprint density at radius 3 is 2.68 bits per heavy atom. The fourth-order valence-electron chi connectivity index (χ4n) is 6.62. The summed E-state index contributed by atoms with van der Waals surface area (Å²) in [7, 11) is -1.17. The predicted molar refractivity (Wildman–Crippen MR) is 147 cm³/mol. The van der Waals surface area contributed by atoms with Gasteiger partial charge in [-0.1, -0.05) is 19.1 Å². The third-order valence-electron chi connectivity index (χ3n) is 8.26. The molecule has 2 saturated heterocycles. The van der Waals surface area contributed by atoms with Crippen LogP contribution in [-0.4, -0.2) is 69.5 Å². The van der Waals surface area contributed by atoms with E-state index in [0.717, 1.165) is 29.0 Å². The highest BCUT2D eigenvalue weighted by atomic mass is 28.4. The number of amides is 2.